The molecule has 118 valence electrons. The van der Waals surface area contributed by atoms with Crippen LogP contribution in [0.3, 0.4) is 0 Å². The molecule has 0 saturated heterocycles. The zero-order chi connectivity index (χ0) is 16.5. The normalized spacial score (nSPS) is 9.91. The van der Waals surface area contributed by atoms with E-state index in [1.165, 1.54) is 0 Å². The molecule has 0 saturated carbocycles. The van der Waals surface area contributed by atoms with Crippen molar-refractivity contribution in [2.75, 3.05) is 11.9 Å². The molecule has 2 aromatic carbocycles. The van der Waals surface area contributed by atoms with Gasteiger partial charge in [0.1, 0.15) is 23.3 Å². The van der Waals surface area contributed by atoms with Crippen molar-refractivity contribution >= 4 is 11.8 Å². The Labute approximate surface area is 134 Å². The zero-order valence-electron chi connectivity index (χ0n) is 12.7. The minimum atomic E-state index is -1.32. The Hall–Kier alpha value is -2.98. The summed E-state index contributed by atoms with van der Waals surface area (Å²) in [4.78, 5) is 13.9. The molecule has 0 heterocycles. The van der Waals surface area contributed by atoms with Crippen molar-refractivity contribution in [2.45, 2.75) is 19.3 Å². The Morgan fingerprint density at radius 3 is 2.65 bits per heavy atom. The van der Waals surface area contributed by atoms with E-state index in [1.807, 2.05) is 48.5 Å². The van der Waals surface area contributed by atoms with Gasteiger partial charge in [-0.25, -0.2) is 0 Å². The van der Waals surface area contributed by atoms with Crippen LogP contribution in [0.4, 0.5) is 10.5 Å². The van der Waals surface area contributed by atoms with E-state index in [9.17, 15) is 9.90 Å². The van der Waals surface area contributed by atoms with Crippen LogP contribution >= 0.6 is 0 Å². The van der Waals surface area contributed by atoms with Gasteiger partial charge >= 0.3 is 0 Å². The first kappa shape index (κ1) is 16.4. The minimum Gasteiger partial charge on any atom is -0.530 e. The summed E-state index contributed by atoms with van der Waals surface area (Å²) in [6.07, 6.45) is 1.22. The molecule has 0 aliphatic carbocycles. The lowest BCUT2D eigenvalue weighted by Gasteiger charge is -2.14. The maximum atomic E-state index is 10.9. The number of carbonyl (C=O) groups excluding carboxylic acids is 1. The van der Waals surface area contributed by atoms with Gasteiger partial charge < -0.3 is 15.2 Å². The molecule has 0 bridgehead atoms. The van der Waals surface area contributed by atoms with Crippen LogP contribution in [0.5, 0.6) is 0 Å². The monoisotopic (exact) mass is 310 g/mol. The first-order valence-electron chi connectivity index (χ1n) is 7.40. The molecule has 2 rings (SSSR count). The Kier molecular flexibility index (Phi) is 6.03. The molecule has 2 N–H and O–H groups in total. The number of unbranched alkanes of at least 4 members (excludes halogenated alkanes) is 1. The number of rotatable bonds is 7. The van der Waals surface area contributed by atoms with Crippen molar-refractivity contribution in [1.29, 1.82) is 5.53 Å². The van der Waals surface area contributed by atoms with Gasteiger partial charge in [0.2, 0.25) is 4.91 Å². The van der Waals surface area contributed by atoms with Crippen molar-refractivity contribution in [2.24, 2.45) is 5.11 Å². The third-order valence-electron chi connectivity index (χ3n) is 3.45. The fraction of sp³-hybridized carbons (Fsp3) is 0.235. The number of carbonyl (C=O) groups is 1. The number of benzene rings is 2. The third-order valence-corrected chi connectivity index (χ3v) is 3.45. The average molecular weight is 310 g/mol. The van der Waals surface area contributed by atoms with Crippen LogP contribution in [-0.2, 0) is 6.42 Å². The number of hydrogen-bond acceptors (Lipinski definition) is 4. The molecule has 0 radical (unpaired) electrons. The van der Waals surface area contributed by atoms with E-state index in [2.05, 4.69) is 15.3 Å². The summed E-state index contributed by atoms with van der Waals surface area (Å²) in [6.45, 7) is 0.537. The summed E-state index contributed by atoms with van der Waals surface area (Å²) in [5.41, 5.74) is 9.92. The Balaban J connectivity index is 2.17. The SMILES string of the molecule is N=[N+]=NCCCCc1ccc(-c2ccccc2)c(NC(=O)[O-])c1. The van der Waals surface area contributed by atoms with Gasteiger partial charge in [0.15, 0.2) is 0 Å². The molecule has 6 heteroatoms. The predicted octanol–water partition coefficient (Wildman–Crippen LogP) is 2.98. The molecule has 0 unspecified atom stereocenters. The van der Waals surface area contributed by atoms with Crippen LogP contribution < -0.4 is 15.3 Å². The highest BCUT2D eigenvalue weighted by molar-refractivity contribution is 5.89. The molecule has 6 nitrogen and oxygen atoms in total. The van der Waals surface area contributed by atoms with E-state index in [0.29, 0.717) is 12.2 Å². The fourth-order valence-corrected chi connectivity index (χ4v) is 2.39. The number of nitrogens with one attached hydrogen (secondary N) is 2. The molecule has 0 atom stereocenters. The van der Waals surface area contributed by atoms with Crippen molar-refractivity contribution in [3.63, 3.8) is 0 Å². The molecule has 0 aromatic heterocycles. The molecule has 0 fully saturated rings. The smallest absolute Gasteiger partial charge is 0.214 e. The fourth-order valence-electron chi connectivity index (χ4n) is 2.39. The summed E-state index contributed by atoms with van der Waals surface area (Å²) < 4.78 is 0. The molecule has 0 aliphatic heterocycles. The Morgan fingerprint density at radius 2 is 1.96 bits per heavy atom. The number of aryl methyl sites for hydroxylation is 1. The second-order valence-corrected chi connectivity index (χ2v) is 5.08. The Bertz CT molecular complexity index is 710. The lowest BCUT2D eigenvalue weighted by Crippen LogP contribution is -2.29. The van der Waals surface area contributed by atoms with E-state index >= 15 is 0 Å². The highest BCUT2D eigenvalue weighted by Gasteiger charge is 2.07. The summed E-state index contributed by atoms with van der Waals surface area (Å²) >= 11 is 0. The summed E-state index contributed by atoms with van der Waals surface area (Å²) in [5.74, 6) is 0. The highest BCUT2D eigenvalue weighted by atomic mass is 16.4. The largest absolute Gasteiger partial charge is 0.530 e. The van der Waals surface area contributed by atoms with Crippen LogP contribution in [0.25, 0.3) is 11.1 Å². The number of hydrogen-bond donors (Lipinski definition) is 2. The lowest BCUT2D eigenvalue weighted by atomic mass is 9.99. The maximum absolute atomic E-state index is 10.9. The maximum Gasteiger partial charge on any atom is 0.214 e. The van der Waals surface area contributed by atoms with E-state index < -0.39 is 6.09 Å². The van der Waals surface area contributed by atoms with Crippen LogP contribution in [0.15, 0.2) is 53.6 Å². The molecule has 23 heavy (non-hydrogen) atoms. The molecule has 0 aliphatic rings. The van der Waals surface area contributed by atoms with E-state index in [-0.39, 0.29) is 0 Å². The summed E-state index contributed by atoms with van der Waals surface area (Å²) in [6, 6.07) is 15.3. The average Bonchev–Trinajstić information content (AvgIpc) is 2.55. The number of anilines is 1. The van der Waals surface area contributed by atoms with Gasteiger partial charge in [-0.1, -0.05) is 42.5 Å². The lowest BCUT2D eigenvalue weighted by molar-refractivity contribution is -0.242. The van der Waals surface area contributed by atoms with E-state index in [0.717, 1.165) is 36.0 Å². The van der Waals surface area contributed by atoms with E-state index in [4.69, 9.17) is 5.53 Å². The second kappa shape index (κ2) is 8.46. The number of nitrogens with zero attached hydrogens (tertiary/aromatic N) is 2. The molecule has 1 amide bonds. The van der Waals surface area contributed by atoms with Gasteiger partial charge in [-0.3, -0.25) is 0 Å². The van der Waals surface area contributed by atoms with Gasteiger partial charge in [-0.2, -0.15) is 0 Å². The number of carboxylic acid groups (broad SMARTS) is 1. The zero-order valence-corrected chi connectivity index (χ0v) is 12.7. The van der Waals surface area contributed by atoms with Crippen LogP contribution in [0, 0.1) is 5.53 Å². The highest BCUT2D eigenvalue weighted by Crippen LogP contribution is 2.29. The van der Waals surface area contributed by atoms with Crippen molar-refractivity contribution in [1.82, 2.24) is 4.91 Å². The van der Waals surface area contributed by atoms with Crippen LogP contribution in [-0.4, -0.2) is 12.6 Å². The van der Waals surface area contributed by atoms with Gasteiger partial charge in [-0.05, 0) is 36.5 Å². The van der Waals surface area contributed by atoms with Crippen molar-refractivity contribution < 1.29 is 9.90 Å². The molecular formula is C17H18N4O2. The summed E-state index contributed by atoms with van der Waals surface area (Å²) in [7, 11) is 0. The quantitative estimate of drug-likeness (QED) is 0.466. The standard InChI is InChI=1S/C17H18N4O2/c18-21-19-11-5-4-6-13-9-10-15(14-7-2-1-3-8-14)16(12-13)20-17(22)23/h1-3,7-10,12,18,20H,4-6,11H2. The first-order chi connectivity index (χ1) is 11.2. The van der Waals surface area contributed by atoms with Crippen molar-refractivity contribution in [3.05, 3.63) is 54.1 Å². The predicted molar refractivity (Wildman–Crippen MR) is 86.0 cm³/mol. The number of amides is 1. The molecule has 2 aromatic rings. The van der Waals surface area contributed by atoms with Crippen molar-refractivity contribution in [3.8, 4) is 11.1 Å². The van der Waals surface area contributed by atoms with Gasteiger partial charge in [0.25, 0.3) is 0 Å². The van der Waals surface area contributed by atoms with Gasteiger partial charge in [-0.15, -0.1) is 0 Å². The van der Waals surface area contributed by atoms with Gasteiger partial charge in [0.05, 0.1) is 0 Å². The summed E-state index contributed by atoms with van der Waals surface area (Å²) in [5, 5.41) is 16.9. The van der Waals surface area contributed by atoms with Crippen LogP contribution in [0.1, 0.15) is 18.4 Å². The van der Waals surface area contributed by atoms with E-state index in [1.54, 1.807) is 0 Å². The molecule has 0 spiro atoms. The Morgan fingerprint density at radius 1 is 1.17 bits per heavy atom. The third kappa shape index (κ3) is 5.05. The molecular weight excluding hydrogens is 292 g/mol. The van der Waals surface area contributed by atoms with Gasteiger partial charge in [0, 0.05) is 11.3 Å². The topological polar surface area (TPSA) is 102 Å². The first-order valence-corrected chi connectivity index (χ1v) is 7.40. The minimum absolute atomic E-state index is 0.527. The second-order valence-electron chi connectivity index (χ2n) is 5.08. The van der Waals surface area contributed by atoms with Crippen LogP contribution in [0.2, 0.25) is 0 Å².